The van der Waals surface area contributed by atoms with Gasteiger partial charge in [-0.25, -0.2) is 9.67 Å². The minimum Gasteiger partial charge on any atom is -0.351 e. The molecule has 0 aliphatic rings. The monoisotopic (exact) mass is 289 g/mol. The maximum absolute atomic E-state index is 12.3. The lowest BCUT2D eigenvalue weighted by atomic mass is 10.0. The van der Waals surface area contributed by atoms with Gasteiger partial charge in [0.1, 0.15) is 0 Å². The average Bonchev–Trinajstić information content (AvgIpc) is 2.87. The molecule has 114 valence electrons. The Morgan fingerprint density at radius 3 is 2.67 bits per heavy atom. The number of amides is 1. The van der Waals surface area contributed by atoms with Crippen LogP contribution in [0, 0.1) is 0 Å². The van der Waals surface area contributed by atoms with Gasteiger partial charge in [-0.05, 0) is 25.8 Å². The molecule has 6 heteroatoms. The fourth-order valence-electron chi connectivity index (χ4n) is 2.18. The Hall–Kier alpha value is -1.95. The van der Waals surface area contributed by atoms with E-state index >= 15 is 0 Å². The molecule has 3 N–H and O–H groups in total. The maximum atomic E-state index is 12.3. The Labute approximate surface area is 124 Å². The molecule has 0 aromatic carbocycles. The van der Waals surface area contributed by atoms with Gasteiger partial charge in [0.25, 0.3) is 5.91 Å². The smallest absolute Gasteiger partial charge is 0.252 e. The number of hydrogen-bond acceptors (Lipinski definition) is 4. The number of rotatable bonds is 5. The number of fused-ring (bicyclic) bond motifs is 1. The molecule has 0 bridgehead atoms. The molecule has 0 saturated heterocycles. The molecule has 0 aliphatic carbocycles. The predicted octanol–water partition coefficient (Wildman–Crippen LogP) is 1.82. The number of nitrogens with zero attached hydrogens (tertiary/aromatic N) is 3. The summed E-state index contributed by atoms with van der Waals surface area (Å²) in [5.74, 6) is 0.115. The highest BCUT2D eigenvalue weighted by atomic mass is 16.1. The van der Waals surface area contributed by atoms with Crippen LogP contribution in [0.1, 0.15) is 55.7 Å². The molecule has 1 amide bonds. The number of carbonyl (C=O) groups is 1. The van der Waals surface area contributed by atoms with E-state index in [2.05, 4.69) is 29.2 Å². The van der Waals surface area contributed by atoms with Gasteiger partial charge >= 0.3 is 0 Å². The molecular formula is C15H23N5O. The van der Waals surface area contributed by atoms with Crippen LogP contribution in [0.2, 0.25) is 0 Å². The van der Waals surface area contributed by atoms with Crippen molar-refractivity contribution in [2.45, 2.75) is 39.7 Å². The van der Waals surface area contributed by atoms with Gasteiger partial charge in [0.15, 0.2) is 5.65 Å². The fourth-order valence-corrected chi connectivity index (χ4v) is 2.18. The van der Waals surface area contributed by atoms with Gasteiger partial charge in [0.05, 0.1) is 17.1 Å². The van der Waals surface area contributed by atoms with Gasteiger partial charge < -0.3 is 11.1 Å². The average molecular weight is 289 g/mol. The number of carbonyl (C=O) groups excluding carboxylic acids is 1. The van der Waals surface area contributed by atoms with Crippen molar-refractivity contribution in [3.63, 3.8) is 0 Å². The third kappa shape index (κ3) is 3.05. The van der Waals surface area contributed by atoms with Crippen molar-refractivity contribution in [2.75, 3.05) is 13.1 Å². The first kappa shape index (κ1) is 15.4. The van der Waals surface area contributed by atoms with Gasteiger partial charge in [-0.1, -0.05) is 13.8 Å². The second-order valence-electron chi connectivity index (χ2n) is 5.71. The van der Waals surface area contributed by atoms with Gasteiger partial charge in [-0.2, -0.15) is 5.10 Å². The van der Waals surface area contributed by atoms with Gasteiger partial charge in [0, 0.05) is 24.8 Å². The third-order valence-corrected chi connectivity index (χ3v) is 3.34. The lowest BCUT2D eigenvalue weighted by Gasteiger charge is -2.12. The molecule has 6 nitrogen and oxygen atoms in total. The van der Waals surface area contributed by atoms with Crippen molar-refractivity contribution in [2.24, 2.45) is 5.73 Å². The summed E-state index contributed by atoms with van der Waals surface area (Å²) in [6.07, 6.45) is 1.71. The summed E-state index contributed by atoms with van der Waals surface area (Å²) in [6.45, 7) is 9.09. The van der Waals surface area contributed by atoms with E-state index < -0.39 is 0 Å². The van der Waals surface area contributed by atoms with Crippen molar-refractivity contribution < 1.29 is 4.79 Å². The Morgan fingerprint density at radius 2 is 2.10 bits per heavy atom. The van der Waals surface area contributed by atoms with Crippen molar-refractivity contribution >= 4 is 16.9 Å². The topological polar surface area (TPSA) is 85.8 Å². The van der Waals surface area contributed by atoms with Crippen molar-refractivity contribution in [1.82, 2.24) is 20.1 Å². The molecule has 0 radical (unpaired) electrons. The summed E-state index contributed by atoms with van der Waals surface area (Å²) < 4.78 is 1.85. The maximum Gasteiger partial charge on any atom is 0.252 e. The third-order valence-electron chi connectivity index (χ3n) is 3.34. The van der Waals surface area contributed by atoms with E-state index in [1.54, 1.807) is 6.20 Å². The van der Waals surface area contributed by atoms with Crippen LogP contribution < -0.4 is 11.1 Å². The normalized spacial score (nSPS) is 11.6. The van der Waals surface area contributed by atoms with Crippen LogP contribution in [0.3, 0.4) is 0 Å². The Bertz CT molecular complexity index is 645. The van der Waals surface area contributed by atoms with E-state index in [4.69, 9.17) is 5.73 Å². The quantitative estimate of drug-likeness (QED) is 0.879. The number of pyridine rings is 1. The summed E-state index contributed by atoms with van der Waals surface area (Å²) in [6, 6.07) is 2.04. The van der Waals surface area contributed by atoms with E-state index in [-0.39, 0.29) is 17.9 Å². The van der Waals surface area contributed by atoms with Gasteiger partial charge in [0.2, 0.25) is 0 Å². The number of hydrogen-bond donors (Lipinski definition) is 2. The molecule has 0 spiro atoms. The van der Waals surface area contributed by atoms with Crippen LogP contribution in [0.4, 0.5) is 0 Å². The minimum atomic E-state index is -0.127. The van der Waals surface area contributed by atoms with Gasteiger partial charge in [-0.3, -0.25) is 4.79 Å². The van der Waals surface area contributed by atoms with E-state index in [0.29, 0.717) is 18.7 Å². The van der Waals surface area contributed by atoms with Crippen molar-refractivity contribution in [3.05, 3.63) is 23.5 Å². The van der Waals surface area contributed by atoms with E-state index in [1.165, 1.54) is 0 Å². The van der Waals surface area contributed by atoms with E-state index in [0.717, 1.165) is 16.7 Å². The first-order valence-electron chi connectivity index (χ1n) is 7.32. The highest BCUT2D eigenvalue weighted by Gasteiger charge is 2.18. The van der Waals surface area contributed by atoms with E-state index in [9.17, 15) is 4.79 Å². The summed E-state index contributed by atoms with van der Waals surface area (Å²) in [5.41, 5.74) is 7.71. The molecule has 0 saturated carbocycles. The lowest BCUT2D eigenvalue weighted by Crippen LogP contribution is -2.29. The Balaban J connectivity index is 2.59. The molecular weight excluding hydrogens is 266 g/mol. The highest BCUT2D eigenvalue weighted by Crippen LogP contribution is 2.24. The van der Waals surface area contributed by atoms with Crippen LogP contribution in [-0.2, 0) is 0 Å². The second kappa shape index (κ2) is 6.22. The van der Waals surface area contributed by atoms with Crippen LogP contribution >= 0.6 is 0 Å². The van der Waals surface area contributed by atoms with Crippen molar-refractivity contribution in [1.29, 1.82) is 0 Å². The Kier molecular flexibility index (Phi) is 4.57. The predicted molar refractivity (Wildman–Crippen MR) is 83.4 cm³/mol. The van der Waals surface area contributed by atoms with Gasteiger partial charge in [-0.15, -0.1) is 0 Å². The summed E-state index contributed by atoms with van der Waals surface area (Å²) in [4.78, 5) is 17.0. The second-order valence-corrected chi connectivity index (χ2v) is 5.71. The zero-order valence-corrected chi connectivity index (χ0v) is 13.1. The zero-order chi connectivity index (χ0) is 15.6. The van der Waals surface area contributed by atoms with Crippen LogP contribution in [0.25, 0.3) is 11.0 Å². The molecule has 0 atom stereocenters. The molecule has 0 fully saturated rings. The molecule has 0 unspecified atom stereocenters. The van der Waals surface area contributed by atoms with Crippen LogP contribution in [0.5, 0.6) is 0 Å². The number of nitrogens with one attached hydrogen (secondary N) is 1. The minimum absolute atomic E-state index is 0.127. The molecule has 2 heterocycles. The summed E-state index contributed by atoms with van der Waals surface area (Å²) in [7, 11) is 0. The fraction of sp³-hybridized carbons (Fsp3) is 0.533. The van der Waals surface area contributed by atoms with Crippen molar-refractivity contribution in [3.8, 4) is 0 Å². The molecule has 2 aromatic rings. The largest absolute Gasteiger partial charge is 0.351 e. The summed E-state index contributed by atoms with van der Waals surface area (Å²) in [5, 5.41) is 7.96. The SMILES string of the molecule is CC(C)c1cc(C(=O)NCCN)c2cnn(C(C)C)c2n1. The molecule has 2 rings (SSSR count). The first-order valence-corrected chi connectivity index (χ1v) is 7.32. The zero-order valence-electron chi connectivity index (χ0n) is 13.1. The molecule has 2 aromatic heterocycles. The summed E-state index contributed by atoms with van der Waals surface area (Å²) >= 11 is 0. The molecule has 21 heavy (non-hydrogen) atoms. The highest BCUT2D eigenvalue weighted by molar-refractivity contribution is 6.05. The lowest BCUT2D eigenvalue weighted by molar-refractivity contribution is 0.0956. The Morgan fingerprint density at radius 1 is 1.38 bits per heavy atom. The standard InChI is InChI=1S/C15H23N5O/c1-9(2)13-7-11(15(21)17-6-5-16)12-8-18-20(10(3)4)14(12)19-13/h7-10H,5-6,16H2,1-4H3,(H,17,21). The number of aromatic nitrogens is 3. The van der Waals surface area contributed by atoms with E-state index in [1.807, 2.05) is 24.6 Å². The number of nitrogens with two attached hydrogens (primary N) is 1. The molecule has 0 aliphatic heterocycles. The van der Waals surface area contributed by atoms with Crippen LogP contribution in [-0.4, -0.2) is 33.8 Å². The van der Waals surface area contributed by atoms with Crippen LogP contribution in [0.15, 0.2) is 12.3 Å². The first-order chi connectivity index (χ1) is 9.95.